The van der Waals surface area contributed by atoms with Crippen LogP contribution in [0.2, 0.25) is 0 Å². The maximum Gasteiger partial charge on any atom is 0.235 e. The Balaban J connectivity index is 1.56. The van der Waals surface area contributed by atoms with E-state index < -0.39 is 35.2 Å². The lowest BCUT2D eigenvalue weighted by atomic mass is 10.3. The van der Waals surface area contributed by atoms with Gasteiger partial charge in [-0.25, -0.2) is 13.2 Å². The maximum atomic E-state index is 14.1. The molecule has 6 nitrogen and oxygen atoms in total. The zero-order valence-corrected chi connectivity index (χ0v) is 18.7. The van der Waals surface area contributed by atoms with Crippen molar-refractivity contribution in [3.63, 3.8) is 0 Å². The normalized spacial score (nSPS) is 11.8. The highest BCUT2D eigenvalue weighted by Gasteiger charge is 2.22. The third-order valence-electron chi connectivity index (χ3n) is 4.74. The molecule has 1 atom stereocenters. The van der Waals surface area contributed by atoms with Gasteiger partial charge >= 0.3 is 0 Å². The van der Waals surface area contributed by atoms with Crippen LogP contribution in [0.3, 0.4) is 0 Å². The summed E-state index contributed by atoms with van der Waals surface area (Å²) in [6, 6.07) is 18.5. The Morgan fingerprint density at radius 1 is 0.941 bits per heavy atom. The topological polar surface area (TPSA) is 69.0 Å². The van der Waals surface area contributed by atoms with E-state index in [4.69, 9.17) is 4.74 Å². The fourth-order valence-electron chi connectivity index (χ4n) is 3.16. The van der Waals surface area contributed by atoms with Crippen molar-refractivity contribution in [2.75, 3.05) is 11.1 Å². The van der Waals surface area contributed by atoms with Crippen LogP contribution in [0.15, 0.2) is 78.0 Å². The number of carbonyl (C=O) groups is 1. The molecule has 34 heavy (non-hydrogen) atoms. The number of halogens is 3. The fourth-order valence-corrected chi connectivity index (χ4v) is 3.92. The molecule has 1 unspecified atom stereocenters. The van der Waals surface area contributed by atoms with Crippen molar-refractivity contribution in [2.45, 2.75) is 18.2 Å². The number of hydrogen-bond acceptors (Lipinski definition) is 5. The number of carbonyl (C=O) groups excluding carboxylic acids is 1. The summed E-state index contributed by atoms with van der Waals surface area (Å²) < 4.78 is 49.2. The third kappa shape index (κ3) is 5.23. The van der Waals surface area contributed by atoms with Crippen LogP contribution in [-0.4, -0.2) is 26.4 Å². The Labute approximate surface area is 197 Å². The van der Waals surface area contributed by atoms with Gasteiger partial charge in [0.1, 0.15) is 17.3 Å². The van der Waals surface area contributed by atoms with Crippen LogP contribution in [0.1, 0.15) is 18.9 Å². The lowest BCUT2D eigenvalue weighted by Crippen LogP contribution is -2.17. The first-order valence-corrected chi connectivity index (χ1v) is 11.2. The number of aromatic nitrogens is 3. The molecule has 0 aliphatic heterocycles. The van der Waals surface area contributed by atoms with Crippen molar-refractivity contribution in [1.29, 1.82) is 0 Å². The largest absolute Gasteiger partial charge is 0.480 e. The minimum Gasteiger partial charge on any atom is -0.480 e. The van der Waals surface area contributed by atoms with Gasteiger partial charge in [0.15, 0.2) is 28.7 Å². The molecule has 0 aliphatic carbocycles. The van der Waals surface area contributed by atoms with E-state index in [1.807, 2.05) is 30.3 Å². The number of hydrogen-bond donors (Lipinski definition) is 1. The van der Waals surface area contributed by atoms with Crippen molar-refractivity contribution in [2.24, 2.45) is 0 Å². The van der Waals surface area contributed by atoms with E-state index in [-0.39, 0.29) is 11.5 Å². The number of anilines is 1. The molecule has 1 N–H and O–H groups in total. The molecule has 0 saturated carbocycles. The molecule has 3 aromatic carbocycles. The molecule has 4 rings (SSSR count). The molecule has 10 heteroatoms. The predicted molar refractivity (Wildman–Crippen MR) is 123 cm³/mol. The van der Waals surface area contributed by atoms with E-state index in [1.165, 1.54) is 18.2 Å². The van der Waals surface area contributed by atoms with Crippen LogP contribution in [0.25, 0.3) is 5.69 Å². The molecule has 1 heterocycles. The van der Waals surface area contributed by atoms with Gasteiger partial charge in [-0.2, -0.15) is 0 Å². The van der Waals surface area contributed by atoms with Gasteiger partial charge in [-0.15, -0.1) is 10.2 Å². The molecule has 174 valence electrons. The number of nitrogens with zero attached hydrogens (tertiary/aromatic N) is 3. The Kier molecular flexibility index (Phi) is 7.17. The summed E-state index contributed by atoms with van der Waals surface area (Å²) in [5.74, 6) is -2.59. The summed E-state index contributed by atoms with van der Waals surface area (Å²) >= 11 is 1.03. The second-order valence-corrected chi connectivity index (χ2v) is 8.08. The Morgan fingerprint density at radius 2 is 1.59 bits per heavy atom. The third-order valence-corrected chi connectivity index (χ3v) is 5.67. The molecule has 4 aromatic rings. The summed E-state index contributed by atoms with van der Waals surface area (Å²) in [6.07, 6.45) is -0.680. The van der Waals surface area contributed by atoms with Crippen LogP contribution < -0.4 is 10.1 Å². The Hall–Kier alpha value is -3.79. The smallest absolute Gasteiger partial charge is 0.235 e. The summed E-state index contributed by atoms with van der Waals surface area (Å²) in [5.41, 5.74) is 0.194. The van der Waals surface area contributed by atoms with Gasteiger partial charge in [-0.05, 0) is 43.3 Å². The minimum atomic E-state index is -0.868. The van der Waals surface area contributed by atoms with Gasteiger partial charge in [-0.1, -0.05) is 48.2 Å². The first kappa shape index (κ1) is 23.4. The van der Waals surface area contributed by atoms with E-state index in [0.29, 0.717) is 16.7 Å². The van der Waals surface area contributed by atoms with E-state index in [9.17, 15) is 18.0 Å². The van der Waals surface area contributed by atoms with Crippen molar-refractivity contribution in [3.05, 3.63) is 96.1 Å². The summed E-state index contributed by atoms with van der Waals surface area (Å²) in [4.78, 5) is 12.4. The van der Waals surface area contributed by atoms with Crippen LogP contribution in [0.4, 0.5) is 18.9 Å². The molecule has 1 aromatic heterocycles. The van der Waals surface area contributed by atoms with E-state index in [1.54, 1.807) is 23.6 Å². The number of para-hydroxylation sites is 3. The molecule has 0 spiro atoms. The standard InChI is InChI=1S/C24H19F3N4O2S/c1-15(33-20-13-6-5-10-17(20)25)23-29-30-24(31(23)16-8-3-2-4-9-16)34-14-21(32)28-22-18(26)11-7-12-19(22)27/h2-13,15H,14H2,1H3,(H,28,32). The minimum absolute atomic E-state index is 0.0677. The number of ether oxygens (including phenoxy) is 1. The van der Waals surface area contributed by atoms with Crippen molar-refractivity contribution < 1.29 is 22.7 Å². The lowest BCUT2D eigenvalue weighted by Gasteiger charge is -2.17. The van der Waals surface area contributed by atoms with Crippen LogP contribution in [-0.2, 0) is 4.79 Å². The van der Waals surface area contributed by atoms with Gasteiger partial charge < -0.3 is 10.1 Å². The van der Waals surface area contributed by atoms with Crippen molar-refractivity contribution in [1.82, 2.24) is 14.8 Å². The predicted octanol–water partition coefficient (Wildman–Crippen LogP) is 5.56. The fraction of sp³-hybridized carbons (Fsp3) is 0.125. The molecule has 0 radical (unpaired) electrons. The van der Waals surface area contributed by atoms with Crippen molar-refractivity contribution in [3.8, 4) is 11.4 Å². The highest BCUT2D eigenvalue weighted by molar-refractivity contribution is 7.99. The highest BCUT2D eigenvalue weighted by Crippen LogP contribution is 2.29. The first-order chi connectivity index (χ1) is 16.4. The monoisotopic (exact) mass is 484 g/mol. The number of amides is 1. The van der Waals surface area contributed by atoms with Gasteiger partial charge in [-0.3, -0.25) is 9.36 Å². The van der Waals surface area contributed by atoms with E-state index in [2.05, 4.69) is 15.5 Å². The van der Waals surface area contributed by atoms with Crippen LogP contribution in [0.5, 0.6) is 5.75 Å². The van der Waals surface area contributed by atoms with Gasteiger partial charge in [0.25, 0.3) is 0 Å². The molecule has 0 aliphatic rings. The van der Waals surface area contributed by atoms with Gasteiger partial charge in [0.05, 0.1) is 5.75 Å². The molecule has 1 amide bonds. The van der Waals surface area contributed by atoms with E-state index in [0.717, 1.165) is 23.9 Å². The maximum absolute atomic E-state index is 14.1. The van der Waals surface area contributed by atoms with Crippen LogP contribution in [0, 0.1) is 17.5 Å². The average molecular weight is 485 g/mol. The van der Waals surface area contributed by atoms with Crippen LogP contribution >= 0.6 is 11.8 Å². The summed E-state index contributed by atoms with van der Waals surface area (Å²) in [5, 5.41) is 11.0. The number of benzene rings is 3. The second-order valence-electron chi connectivity index (χ2n) is 7.14. The molecular weight excluding hydrogens is 465 g/mol. The zero-order valence-electron chi connectivity index (χ0n) is 17.9. The van der Waals surface area contributed by atoms with Gasteiger partial charge in [0, 0.05) is 5.69 Å². The number of thioether (sulfide) groups is 1. The first-order valence-electron chi connectivity index (χ1n) is 10.2. The molecule has 0 bridgehead atoms. The molecular formula is C24H19F3N4O2S. The summed E-state index contributed by atoms with van der Waals surface area (Å²) in [7, 11) is 0. The quantitative estimate of drug-likeness (QED) is 0.332. The second kappa shape index (κ2) is 10.4. The SMILES string of the molecule is CC(Oc1ccccc1F)c1nnc(SCC(=O)Nc2c(F)cccc2F)n1-c1ccccc1. The number of nitrogens with one attached hydrogen (secondary N) is 1. The average Bonchev–Trinajstić information content (AvgIpc) is 3.26. The molecule has 0 fully saturated rings. The van der Waals surface area contributed by atoms with Crippen molar-refractivity contribution >= 4 is 23.4 Å². The number of rotatable bonds is 8. The van der Waals surface area contributed by atoms with E-state index >= 15 is 0 Å². The Morgan fingerprint density at radius 3 is 2.29 bits per heavy atom. The Bertz CT molecular complexity index is 1280. The summed E-state index contributed by atoms with van der Waals surface area (Å²) in [6.45, 7) is 1.71. The lowest BCUT2D eigenvalue weighted by molar-refractivity contribution is -0.113. The highest BCUT2D eigenvalue weighted by atomic mass is 32.2. The molecule has 0 saturated heterocycles. The van der Waals surface area contributed by atoms with Gasteiger partial charge in [0.2, 0.25) is 5.91 Å². The zero-order chi connectivity index (χ0) is 24.1.